The van der Waals surface area contributed by atoms with E-state index in [2.05, 4.69) is 45.3 Å². The van der Waals surface area contributed by atoms with Gasteiger partial charge in [-0.25, -0.2) is 4.98 Å². The molecule has 4 nitrogen and oxygen atoms in total. The first-order valence-corrected chi connectivity index (χ1v) is 7.15. The van der Waals surface area contributed by atoms with E-state index < -0.39 is 0 Å². The lowest BCUT2D eigenvalue weighted by Gasteiger charge is -2.07. The molecule has 0 aliphatic carbocycles. The van der Waals surface area contributed by atoms with Crippen LogP contribution in [0.3, 0.4) is 0 Å². The van der Waals surface area contributed by atoms with Crippen LogP contribution >= 0.6 is 0 Å². The minimum atomic E-state index is 0.779. The quantitative estimate of drug-likeness (QED) is 0.578. The highest BCUT2D eigenvalue weighted by Crippen LogP contribution is 2.25. The second kappa shape index (κ2) is 5.41. The molecule has 0 aliphatic rings. The number of rotatable bonds is 3. The van der Waals surface area contributed by atoms with Gasteiger partial charge in [-0.05, 0) is 17.7 Å². The topological polar surface area (TPSA) is 43.6 Å². The highest BCUT2D eigenvalue weighted by atomic mass is 15.0. The average molecular weight is 286 g/mol. The number of hydrogen-bond donors (Lipinski definition) is 0. The Labute approximate surface area is 128 Å². The van der Waals surface area contributed by atoms with Crippen molar-refractivity contribution in [2.45, 2.75) is 6.54 Å². The molecule has 0 aliphatic heterocycles. The van der Waals surface area contributed by atoms with Gasteiger partial charge in [0.05, 0.1) is 17.5 Å². The molecule has 4 aromatic rings. The van der Waals surface area contributed by atoms with Gasteiger partial charge in [0.25, 0.3) is 0 Å². The Morgan fingerprint density at radius 1 is 0.909 bits per heavy atom. The van der Waals surface area contributed by atoms with Gasteiger partial charge >= 0.3 is 0 Å². The SMILES string of the molecule is c1cnc2c(-c3ccc(Cn4ccnc4)cn3)cccc2c1. The molecule has 0 amide bonds. The first-order valence-electron chi connectivity index (χ1n) is 7.15. The van der Waals surface area contributed by atoms with Gasteiger partial charge in [-0.1, -0.05) is 30.3 Å². The Morgan fingerprint density at radius 3 is 2.68 bits per heavy atom. The van der Waals surface area contributed by atoms with Crippen LogP contribution in [0.25, 0.3) is 22.2 Å². The zero-order valence-electron chi connectivity index (χ0n) is 11.9. The number of imidazole rings is 1. The van der Waals surface area contributed by atoms with Crippen molar-refractivity contribution in [1.82, 2.24) is 19.5 Å². The normalized spacial score (nSPS) is 10.9. The van der Waals surface area contributed by atoms with Crippen molar-refractivity contribution in [1.29, 1.82) is 0 Å². The lowest BCUT2D eigenvalue weighted by molar-refractivity contribution is 0.793. The fraction of sp³-hybridized carbons (Fsp3) is 0.0556. The molecule has 106 valence electrons. The summed E-state index contributed by atoms with van der Waals surface area (Å²) >= 11 is 0. The van der Waals surface area contributed by atoms with E-state index in [1.54, 1.807) is 6.20 Å². The molecule has 0 radical (unpaired) electrons. The van der Waals surface area contributed by atoms with Gasteiger partial charge in [0.2, 0.25) is 0 Å². The number of aromatic nitrogens is 4. The standard InChI is InChI=1S/C18H14N4/c1-3-15-4-2-8-20-18(15)16(5-1)17-7-6-14(11-21-17)12-22-10-9-19-13-22/h1-11,13H,12H2. The second-order valence-electron chi connectivity index (χ2n) is 5.17. The molecule has 4 heteroatoms. The molecular weight excluding hydrogens is 272 g/mol. The number of nitrogens with zero attached hydrogens (tertiary/aromatic N) is 4. The van der Waals surface area contributed by atoms with Crippen molar-refractivity contribution >= 4 is 10.9 Å². The van der Waals surface area contributed by atoms with E-state index in [1.165, 1.54) is 0 Å². The van der Waals surface area contributed by atoms with Gasteiger partial charge in [0.15, 0.2) is 0 Å². The molecule has 0 N–H and O–H groups in total. The Kier molecular flexibility index (Phi) is 3.12. The highest BCUT2D eigenvalue weighted by Gasteiger charge is 2.06. The van der Waals surface area contributed by atoms with Crippen LogP contribution < -0.4 is 0 Å². The van der Waals surface area contributed by atoms with E-state index >= 15 is 0 Å². The van der Waals surface area contributed by atoms with E-state index in [9.17, 15) is 0 Å². The lowest BCUT2D eigenvalue weighted by Crippen LogP contribution is -1.97. The van der Waals surface area contributed by atoms with Gasteiger partial charge in [0, 0.05) is 42.3 Å². The van der Waals surface area contributed by atoms with E-state index in [0.717, 1.165) is 34.3 Å². The highest BCUT2D eigenvalue weighted by molar-refractivity contribution is 5.92. The van der Waals surface area contributed by atoms with Gasteiger partial charge in [-0.2, -0.15) is 0 Å². The van der Waals surface area contributed by atoms with Gasteiger partial charge in [-0.3, -0.25) is 9.97 Å². The van der Waals surface area contributed by atoms with Crippen LogP contribution in [0.5, 0.6) is 0 Å². The van der Waals surface area contributed by atoms with E-state index in [0.29, 0.717) is 0 Å². The molecule has 0 saturated carbocycles. The van der Waals surface area contributed by atoms with Crippen molar-refractivity contribution in [3.8, 4) is 11.3 Å². The summed E-state index contributed by atoms with van der Waals surface area (Å²) in [5, 5.41) is 1.13. The number of fused-ring (bicyclic) bond motifs is 1. The predicted octanol–water partition coefficient (Wildman–Crippen LogP) is 3.54. The zero-order valence-corrected chi connectivity index (χ0v) is 11.9. The summed E-state index contributed by atoms with van der Waals surface area (Å²) in [6, 6.07) is 14.3. The molecule has 0 saturated heterocycles. The second-order valence-corrected chi connectivity index (χ2v) is 5.17. The first kappa shape index (κ1) is 12.7. The molecular formula is C18H14N4. The van der Waals surface area contributed by atoms with E-state index in [4.69, 9.17) is 0 Å². The molecule has 0 fully saturated rings. The third-order valence-electron chi connectivity index (χ3n) is 3.66. The number of pyridine rings is 2. The van der Waals surface area contributed by atoms with Crippen LogP contribution in [-0.2, 0) is 6.54 Å². The molecule has 22 heavy (non-hydrogen) atoms. The van der Waals surface area contributed by atoms with Crippen LogP contribution in [0.2, 0.25) is 0 Å². The Morgan fingerprint density at radius 2 is 1.86 bits per heavy atom. The third kappa shape index (κ3) is 2.35. The maximum atomic E-state index is 4.61. The lowest BCUT2D eigenvalue weighted by atomic mass is 10.1. The minimum Gasteiger partial charge on any atom is -0.333 e. The van der Waals surface area contributed by atoms with Crippen LogP contribution in [0.1, 0.15) is 5.56 Å². The van der Waals surface area contributed by atoms with Crippen molar-refractivity contribution in [3.63, 3.8) is 0 Å². The van der Waals surface area contributed by atoms with Gasteiger partial charge < -0.3 is 4.57 Å². The maximum Gasteiger partial charge on any atom is 0.0949 e. The molecule has 0 bridgehead atoms. The third-order valence-corrected chi connectivity index (χ3v) is 3.66. The fourth-order valence-electron chi connectivity index (χ4n) is 2.58. The first-order chi connectivity index (χ1) is 10.9. The van der Waals surface area contributed by atoms with E-state index in [1.807, 2.05) is 41.6 Å². The predicted molar refractivity (Wildman–Crippen MR) is 86.3 cm³/mol. The summed E-state index contributed by atoms with van der Waals surface area (Å²) in [5.74, 6) is 0. The largest absolute Gasteiger partial charge is 0.333 e. The summed E-state index contributed by atoms with van der Waals surface area (Å²) in [7, 11) is 0. The van der Waals surface area contributed by atoms with Gasteiger partial charge in [-0.15, -0.1) is 0 Å². The number of hydrogen-bond acceptors (Lipinski definition) is 3. The molecule has 3 aromatic heterocycles. The summed E-state index contributed by atoms with van der Waals surface area (Å²) in [6.07, 6.45) is 9.27. The summed E-state index contributed by atoms with van der Waals surface area (Å²) < 4.78 is 2.02. The number of benzene rings is 1. The van der Waals surface area contributed by atoms with Crippen molar-refractivity contribution in [2.24, 2.45) is 0 Å². The summed E-state index contributed by atoms with van der Waals surface area (Å²) in [4.78, 5) is 13.1. The monoisotopic (exact) mass is 286 g/mol. The maximum absolute atomic E-state index is 4.61. The van der Waals surface area contributed by atoms with Crippen molar-refractivity contribution in [2.75, 3.05) is 0 Å². The molecule has 4 rings (SSSR count). The Hall–Kier alpha value is -3.01. The molecule has 1 aromatic carbocycles. The summed E-state index contributed by atoms with van der Waals surface area (Å²) in [5.41, 5.74) is 4.14. The van der Waals surface area contributed by atoms with Gasteiger partial charge in [0.1, 0.15) is 0 Å². The zero-order chi connectivity index (χ0) is 14.8. The minimum absolute atomic E-state index is 0.779. The fourth-order valence-corrected chi connectivity index (χ4v) is 2.58. The molecule has 0 atom stereocenters. The average Bonchev–Trinajstić information content (AvgIpc) is 3.08. The van der Waals surface area contributed by atoms with E-state index in [-0.39, 0.29) is 0 Å². The van der Waals surface area contributed by atoms with Crippen LogP contribution in [0.15, 0.2) is 73.6 Å². The Bertz CT molecular complexity index is 891. The number of para-hydroxylation sites is 1. The van der Waals surface area contributed by atoms with Crippen LogP contribution in [0.4, 0.5) is 0 Å². The van der Waals surface area contributed by atoms with Crippen LogP contribution in [-0.4, -0.2) is 19.5 Å². The smallest absolute Gasteiger partial charge is 0.0949 e. The summed E-state index contributed by atoms with van der Waals surface area (Å²) in [6.45, 7) is 0.779. The Balaban J connectivity index is 1.70. The van der Waals surface area contributed by atoms with Crippen LogP contribution in [0, 0.1) is 0 Å². The van der Waals surface area contributed by atoms with Crippen molar-refractivity contribution in [3.05, 3.63) is 79.1 Å². The molecule has 0 unspecified atom stereocenters. The molecule has 0 spiro atoms. The van der Waals surface area contributed by atoms with Crippen molar-refractivity contribution < 1.29 is 0 Å². The molecule has 3 heterocycles.